The van der Waals surface area contributed by atoms with E-state index >= 15 is 0 Å². The maximum Gasteiger partial charge on any atom is 0.235 e. The van der Waals surface area contributed by atoms with Gasteiger partial charge >= 0.3 is 0 Å². The molecule has 19 heavy (non-hydrogen) atoms. The third-order valence-electron chi connectivity index (χ3n) is 3.00. The van der Waals surface area contributed by atoms with E-state index in [1.165, 1.54) is 5.39 Å². The van der Waals surface area contributed by atoms with E-state index in [4.69, 9.17) is 11.6 Å². The van der Waals surface area contributed by atoms with Crippen molar-refractivity contribution in [2.75, 3.05) is 12.5 Å². The van der Waals surface area contributed by atoms with Gasteiger partial charge in [-0.3, -0.25) is 4.79 Å². The monoisotopic (exact) mass is 277 g/mol. The van der Waals surface area contributed by atoms with E-state index in [1.807, 2.05) is 30.3 Å². The summed E-state index contributed by atoms with van der Waals surface area (Å²) in [5.74, 6) is -0.352. The molecule has 2 aromatic carbocycles. The number of halogens is 1. The fourth-order valence-electron chi connectivity index (χ4n) is 2.08. The second kappa shape index (κ2) is 6.55. The van der Waals surface area contributed by atoms with Crippen LogP contribution in [0.25, 0.3) is 10.8 Å². The lowest BCUT2D eigenvalue weighted by Gasteiger charge is -2.16. The van der Waals surface area contributed by atoms with Crippen molar-refractivity contribution in [2.45, 2.75) is 12.5 Å². The van der Waals surface area contributed by atoms with Crippen molar-refractivity contribution in [1.29, 1.82) is 0 Å². The van der Waals surface area contributed by atoms with E-state index in [0.29, 0.717) is 6.42 Å². The van der Waals surface area contributed by atoms with Crippen LogP contribution in [0.3, 0.4) is 0 Å². The number of rotatable bonds is 5. The number of hydrogen-bond acceptors (Lipinski definition) is 2. The number of benzene rings is 2. The van der Waals surface area contributed by atoms with E-state index in [-0.39, 0.29) is 24.4 Å². The zero-order chi connectivity index (χ0) is 13.7. The van der Waals surface area contributed by atoms with Crippen molar-refractivity contribution in [3.63, 3.8) is 0 Å². The fraction of sp³-hybridized carbons (Fsp3) is 0.267. The fourth-order valence-corrected chi connectivity index (χ4v) is 2.15. The Labute approximate surface area is 117 Å². The number of carbonyl (C=O) groups is 1. The van der Waals surface area contributed by atoms with Crippen LogP contribution in [0.2, 0.25) is 0 Å². The molecule has 0 saturated carbocycles. The van der Waals surface area contributed by atoms with Crippen LogP contribution in [-0.2, 0) is 11.2 Å². The Balaban J connectivity index is 2.12. The molecule has 1 unspecified atom stereocenters. The molecule has 100 valence electrons. The summed E-state index contributed by atoms with van der Waals surface area (Å²) in [5, 5.41) is 14.3. The van der Waals surface area contributed by atoms with E-state index in [2.05, 4.69) is 17.4 Å². The van der Waals surface area contributed by atoms with Crippen LogP contribution in [0, 0.1) is 0 Å². The Morgan fingerprint density at radius 1 is 1.21 bits per heavy atom. The third kappa shape index (κ3) is 3.69. The van der Waals surface area contributed by atoms with Gasteiger partial charge in [-0.25, -0.2) is 0 Å². The second-order valence-electron chi connectivity index (χ2n) is 4.47. The first-order valence-corrected chi connectivity index (χ1v) is 6.70. The maximum absolute atomic E-state index is 11.2. The predicted molar refractivity (Wildman–Crippen MR) is 77.4 cm³/mol. The standard InChI is InChI=1S/C15H16ClNO2/c16-9-15(19)17-14(10-18)8-11-5-6-12-3-1-2-4-13(12)7-11/h1-7,14,18H,8-10H2,(H,17,19). The summed E-state index contributed by atoms with van der Waals surface area (Å²) in [5.41, 5.74) is 1.08. The van der Waals surface area contributed by atoms with Crippen LogP contribution < -0.4 is 5.32 Å². The van der Waals surface area contributed by atoms with Gasteiger partial charge < -0.3 is 10.4 Å². The summed E-state index contributed by atoms with van der Waals surface area (Å²) in [6.45, 7) is -0.102. The molecular weight excluding hydrogens is 262 g/mol. The van der Waals surface area contributed by atoms with Gasteiger partial charge in [0.15, 0.2) is 0 Å². The molecule has 0 saturated heterocycles. The molecule has 2 N–H and O–H groups in total. The first kappa shape index (κ1) is 13.8. The minimum Gasteiger partial charge on any atom is -0.394 e. The smallest absolute Gasteiger partial charge is 0.235 e. The average molecular weight is 278 g/mol. The molecule has 0 aliphatic rings. The summed E-state index contributed by atoms with van der Waals surface area (Å²) < 4.78 is 0. The van der Waals surface area contributed by atoms with Gasteiger partial charge in [0.1, 0.15) is 5.88 Å². The van der Waals surface area contributed by atoms with Crippen LogP contribution in [-0.4, -0.2) is 29.5 Å². The van der Waals surface area contributed by atoms with Crippen molar-refractivity contribution < 1.29 is 9.90 Å². The molecule has 0 radical (unpaired) electrons. The number of nitrogens with one attached hydrogen (secondary N) is 1. The molecule has 0 bridgehead atoms. The van der Waals surface area contributed by atoms with Crippen LogP contribution >= 0.6 is 11.6 Å². The Morgan fingerprint density at radius 2 is 1.95 bits per heavy atom. The number of fused-ring (bicyclic) bond motifs is 1. The van der Waals surface area contributed by atoms with Crippen molar-refractivity contribution >= 4 is 28.3 Å². The number of aliphatic hydroxyl groups is 1. The van der Waals surface area contributed by atoms with Gasteiger partial charge in [0.25, 0.3) is 0 Å². The zero-order valence-corrected chi connectivity index (χ0v) is 11.2. The van der Waals surface area contributed by atoms with E-state index in [0.717, 1.165) is 10.9 Å². The zero-order valence-electron chi connectivity index (χ0n) is 10.5. The molecular formula is C15H16ClNO2. The topological polar surface area (TPSA) is 49.3 Å². The van der Waals surface area contributed by atoms with Gasteiger partial charge in [0, 0.05) is 0 Å². The van der Waals surface area contributed by atoms with Gasteiger partial charge in [-0.15, -0.1) is 11.6 Å². The number of amides is 1. The second-order valence-corrected chi connectivity index (χ2v) is 4.73. The molecule has 1 atom stereocenters. The molecule has 0 aromatic heterocycles. The highest BCUT2D eigenvalue weighted by Gasteiger charge is 2.11. The molecule has 0 spiro atoms. The van der Waals surface area contributed by atoms with Crippen LogP contribution in [0.5, 0.6) is 0 Å². The molecule has 2 aromatic rings. The first-order valence-electron chi connectivity index (χ1n) is 6.17. The van der Waals surface area contributed by atoms with Gasteiger partial charge in [-0.1, -0.05) is 42.5 Å². The Bertz CT molecular complexity index is 571. The molecule has 2 rings (SSSR count). The highest BCUT2D eigenvalue weighted by molar-refractivity contribution is 6.27. The lowest BCUT2D eigenvalue weighted by molar-refractivity contribution is -0.119. The van der Waals surface area contributed by atoms with E-state index < -0.39 is 0 Å². The van der Waals surface area contributed by atoms with Crippen molar-refractivity contribution in [3.05, 3.63) is 48.0 Å². The molecule has 1 amide bonds. The normalized spacial score (nSPS) is 12.3. The lowest BCUT2D eigenvalue weighted by Crippen LogP contribution is -2.39. The van der Waals surface area contributed by atoms with E-state index in [1.54, 1.807) is 0 Å². The minimum atomic E-state index is -0.299. The maximum atomic E-state index is 11.2. The van der Waals surface area contributed by atoms with Crippen molar-refractivity contribution in [1.82, 2.24) is 5.32 Å². The third-order valence-corrected chi connectivity index (χ3v) is 3.25. The molecule has 0 heterocycles. The van der Waals surface area contributed by atoms with Crippen molar-refractivity contribution in [2.24, 2.45) is 0 Å². The average Bonchev–Trinajstić information content (AvgIpc) is 2.46. The summed E-state index contributed by atoms with van der Waals surface area (Å²) in [6, 6.07) is 13.9. The first-order chi connectivity index (χ1) is 9.22. The van der Waals surface area contributed by atoms with Crippen LogP contribution in [0.1, 0.15) is 5.56 Å². The Hall–Kier alpha value is -1.58. The molecule has 0 aliphatic carbocycles. The Morgan fingerprint density at radius 3 is 2.63 bits per heavy atom. The highest BCUT2D eigenvalue weighted by atomic mass is 35.5. The predicted octanol–water partition coefficient (Wildman–Crippen LogP) is 2.10. The molecule has 3 nitrogen and oxygen atoms in total. The van der Waals surface area contributed by atoms with Crippen molar-refractivity contribution in [3.8, 4) is 0 Å². The van der Waals surface area contributed by atoms with E-state index in [9.17, 15) is 9.90 Å². The molecule has 0 aliphatic heterocycles. The quantitative estimate of drug-likeness (QED) is 0.823. The summed E-state index contributed by atoms with van der Waals surface area (Å²) in [7, 11) is 0. The van der Waals surface area contributed by atoms with Gasteiger partial charge in [-0.2, -0.15) is 0 Å². The van der Waals surface area contributed by atoms with Crippen LogP contribution in [0.15, 0.2) is 42.5 Å². The number of hydrogen-bond donors (Lipinski definition) is 2. The summed E-state index contributed by atoms with van der Waals surface area (Å²) in [6.07, 6.45) is 0.587. The summed E-state index contributed by atoms with van der Waals surface area (Å²) >= 11 is 5.44. The minimum absolute atomic E-state index is 0.0891. The number of carbonyl (C=O) groups excluding carboxylic acids is 1. The highest BCUT2D eigenvalue weighted by Crippen LogP contribution is 2.16. The molecule has 4 heteroatoms. The lowest BCUT2D eigenvalue weighted by atomic mass is 10.0. The Kier molecular flexibility index (Phi) is 4.77. The van der Waals surface area contributed by atoms with Gasteiger partial charge in [-0.05, 0) is 22.8 Å². The van der Waals surface area contributed by atoms with Gasteiger partial charge in [0.05, 0.1) is 12.6 Å². The summed E-state index contributed by atoms with van der Waals surface area (Å²) in [4.78, 5) is 11.2. The largest absolute Gasteiger partial charge is 0.394 e. The number of aliphatic hydroxyl groups excluding tert-OH is 1. The van der Waals surface area contributed by atoms with Gasteiger partial charge in [0.2, 0.25) is 5.91 Å². The molecule has 0 fully saturated rings. The number of alkyl halides is 1. The SMILES string of the molecule is O=C(CCl)NC(CO)Cc1ccc2ccccc2c1. The van der Waals surface area contributed by atoms with Crippen LogP contribution in [0.4, 0.5) is 0 Å².